The second-order valence-corrected chi connectivity index (χ2v) is 5.01. The minimum atomic E-state index is -0.748. The number of rotatable bonds is 3. The lowest BCUT2D eigenvalue weighted by atomic mass is 9.90. The molecule has 0 aromatic heterocycles. The van der Waals surface area contributed by atoms with Gasteiger partial charge in [-0.25, -0.2) is 4.39 Å². The number of nitrogens with one attached hydrogen (secondary N) is 1. The lowest BCUT2D eigenvalue weighted by Gasteiger charge is -2.36. The molecule has 1 fully saturated rings. The Morgan fingerprint density at radius 3 is 2.79 bits per heavy atom. The Hall–Kier alpha value is -1.17. The van der Waals surface area contributed by atoms with Gasteiger partial charge in [0.05, 0.1) is 22.7 Å². The fourth-order valence-corrected chi connectivity index (χ4v) is 2.25. The van der Waals surface area contributed by atoms with Crippen LogP contribution in [0.5, 0.6) is 0 Å². The minimum Gasteiger partial charge on any atom is -0.394 e. The molecule has 1 aromatic carbocycles. The fraction of sp³-hybridized carbons (Fsp3) is 0.462. The van der Waals surface area contributed by atoms with E-state index in [1.165, 1.54) is 18.2 Å². The summed E-state index contributed by atoms with van der Waals surface area (Å²) in [4.78, 5) is 12.1. The van der Waals surface area contributed by atoms with Crippen molar-refractivity contribution < 1.29 is 19.0 Å². The number of amides is 1. The van der Waals surface area contributed by atoms with E-state index in [9.17, 15) is 14.3 Å². The quantitative estimate of drug-likeness (QED) is 0.890. The number of aliphatic hydroxyl groups is 1. The van der Waals surface area contributed by atoms with Crippen molar-refractivity contribution in [1.82, 2.24) is 5.32 Å². The Kier molecular flexibility index (Phi) is 4.39. The average molecular weight is 288 g/mol. The number of carbonyl (C=O) groups excluding carboxylic acids is 1. The first-order valence-corrected chi connectivity index (χ1v) is 6.41. The van der Waals surface area contributed by atoms with Gasteiger partial charge < -0.3 is 15.2 Å². The molecule has 0 radical (unpaired) electrons. The van der Waals surface area contributed by atoms with Crippen LogP contribution in [0.3, 0.4) is 0 Å². The van der Waals surface area contributed by atoms with E-state index in [2.05, 4.69) is 5.32 Å². The van der Waals surface area contributed by atoms with E-state index in [4.69, 9.17) is 16.3 Å². The van der Waals surface area contributed by atoms with Gasteiger partial charge >= 0.3 is 0 Å². The highest BCUT2D eigenvalue weighted by molar-refractivity contribution is 6.31. The first-order valence-electron chi connectivity index (χ1n) is 6.03. The van der Waals surface area contributed by atoms with E-state index in [-0.39, 0.29) is 17.2 Å². The van der Waals surface area contributed by atoms with Gasteiger partial charge in [-0.1, -0.05) is 17.7 Å². The third-order valence-electron chi connectivity index (χ3n) is 3.33. The third-order valence-corrected chi connectivity index (χ3v) is 3.62. The summed E-state index contributed by atoms with van der Waals surface area (Å²) in [5.74, 6) is -1.32. The maximum Gasteiger partial charge on any atom is 0.254 e. The Labute approximate surface area is 115 Å². The molecule has 19 heavy (non-hydrogen) atoms. The molecule has 0 aliphatic carbocycles. The van der Waals surface area contributed by atoms with Crippen molar-refractivity contribution in [1.29, 1.82) is 0 Å². The zero-order valence-electron chi connectivity index (χ0n) is 10.3. The molecule has 1 heterocycles. The molecule has 1 aliphatic rings. The first-order chi connectivity index (χ1) is 9.08. The zero-order valence-corrected chi connectivity index (χ0v) is 11.0. The topological polar surface area (TPSA) is 58.6 Å². The van der Waals surface area contributed by atoms with Crippen LogP contribution in [-0.4, -0.2) is 36.4 Å². The fourth-order valence-electron chi connectivity index (χ4n) is 2.07. The maximum absolute atomic E-state index is 13.8. The molecule has 0 saturated carbocycles. The van der Waals surface area contributed by atoms with Gasteiger partial charge in [0.2, 0.25) is 0 Å². The smallest absolute Gasteiger partial charge is 0.254 e. The standard InChI is InChI=1S/C13H15ClFNO3/c14-10-3-1-2-9(11(10)15)12(18)16-13(8-17)4-6-19-7-5-13/h1-3,17H,4-8H2,(H,16,18). The van der Waals surface area contributed by atoms with Crippen LogP contribution in [0.4, 0.5) is 4.39 Å². The summed E-state index contributed by atoms with van der Waals surface area (Å²) in [5, 5.41) is 12.1. The summed E-state index contributed by atoms with van der Waals surface area (Å²) in [6, 6.07) is 4.25. The van der Waals surface area contributed by atoms with Crippen LogP contribution in [0.25, 0.3) is 0 Å². The van der Waals surface area contributed by atoms with Gasteiger partial charge in [-0.15, -0.1) is 0 Å². The predicted octanol–water partition coefficient (Wildman–Crippen LogP) is 1.75. The molecular formula is C13H15ClFNO3. The summed E-state index contributed by atoms with van der Waals surface area (Å²) in [6.07, 6.45) is 0.995. The molecule has 0 atom stereocenters. The minimum absolute atomic E-state index is 0.0994. The molecule has 0 bridgehead atoms. The summed E-state index contributed by atoms with van der Waals surface area (Å²) in [6.45, 7) is 0.710. The van der Waals surface area contributed by atoms with Crippen molar-refractivity contribution in [3.63, 3.8) is 0 Å². The van der Waals surface area contributed by atoms with Crippen LogP contribution < -0.4 is 5.32 Å². The average Bonchev–Trinajstić information content (AvgIpc) is 2.42. The monoisotopic (exact) mass is 287 g/mol. The Morgan fingerprint density at radius 2 is 2.16 bits per heavy atom. The second kappa shape index (κ2) is 5.86. The van der Waals surface area contributed by atoms with Crippen molar-refractivity contribution in [3.8, 4) is 0 Å². The summed E-state index contributed by atoms with van der Waals surface area (Å²) in [7, 11) is 0. The summed E-state index contributed by atoms with van der Waals surface area (Å²) >= 11 is 5.64. The highest BCUT2D eigenvalue weighted by Crippen LogP contribution is 2.23. The van der Waals surface area contributed by atoms with Gasteiger partial charge in [0.1, 0.15) is 0 Å². The molecule has 1 aromatic rings. The Bertz CT molecular complexity index is 475. The number of benzene rings is 1. The van der Waals surface area contributed by atoms with E-state index in [1.54, 1.807) is 0 Å². The van der Waals surface area contributed by atoms with Gasteiger partial charge in [0.15, 0.2) is 5.82 Å². The normalized spacial score (nSPS) is 18.1. The van der Waals surface area contributed by atoms with Crippen LogP contribution in [0, 0.1) is 5.82 Å². The largest absolute Gasteiger partial charge is 0.394 e. The van der Waals surface area contributed by atoms with E-state index in [0.717, 1.165) is 0 Å². The van der Waals surface area contributed by atoms with Gasteiger partial charge in [-0.05, 0) is 25.0 Å². The Morgan fingerprint density at radius 1 is 1.47 bits per heavy atom. The van der Waals surface area contributed by atoms with E-state index in [1.807, 2.05) is 0 Å². The maximum atomic E-state index is 13.8. The first kappa shape index (κ1) is 14.2. The predicted molar refractivity (Wildman–Crippen MR) is 68.7 cm³/mol. The van der Waals surface area contributed by atoms with Crippen LogP contribution in [-0.2, 0) is 4.74 Å². The van der Waals surface area contributed by atoms with Crippen molar-refractivity contribution in [2.75, 3.05) is 19.8 Å². The van der Waals surface area contributed by atoms with Crippen LogP contribution >= 0.6 is 11.6 Å². The third kappa shape index (κ3) is 3.05. The molecule has 1 saturated heterocycles. The van der Waals surface area contributed by atoms with Gasteiger partial charge in [-0.3, -0.25) is 4.79 Å². The summed E-state index contributed by atoms with van der Waals surface area (Å²) in [5.41, 5.74) is -0.865. The number of carbonyl (C=O) groups is 1. The molecule has 104 valence electrons. The molecule has 2 N–H and O–H groups in total. The molecule has 0 unspecified atom stereocenters. The molecule has 4 nitrogen and oxygen atoms in total. The van der Waals surface area contributed by atoms with E-state index < -0.39 is 17.3 Å². The van der Waals surface area contributed by atoms with E-state index >= 15 is 0 Å². The van der Waals surface area contributed by atoms with Gasteiger partial charge in [0, 0.05) is 13.2 Å². The molecule has 6 heteroatoms. The van der Waals surface area contributed by atoms with E-state index in [0.29, 0.717) is 26.1 Å². The van der Waals surface area contributed by atoms with Crippen molar-refractivity contribution in [3.05, 3.63) is 34.6 Å². The van der Waals surface area contributed by atoms with Crippen molar-refractivity contribution >= 4 is 17.5 Å². The summed E-state index contributed by atoms with van der Waals surface area (Å²) < 4.78 is 19.0. The highest BCUT2D eigenvalue weighted by Gasteiger charge is 2.34. The lowest BCUT2D eigenvalue weighted by Crippen LogP contribution is -2.54. The zero-order chi connectivity index (χ0) is 13.9. The molecular weight excluding hydrogens is 273 g/mol. The molecule has 0 spiro atoms. The number of ether oxygens (including phenoxy) is 1. The molecule has 1 aliphatic heterocycles. The van der Waals surface area contributed by atoms with Crippen LogP contribution in [0.1, 0.15) is 23.2 Å². The molecule has 2 rings (SSSR count). The van der Waals surface area contributed by atoms with Crippen LogP contribution in [0.2, 0.25) is 5.02 Å². The number of aliphatic hydroxyl groups excluding tert-OH is 1. The number of halogens is 2. The van der Waals surface area contributed by atoms with Crippen LogP contribution in [0.15, 0.2) is 18.2 Å². The molecule has 1 amide bonds. The second-order valence-electron chi connectivity index (χ2n) is 4.61. The Balaban J connectivity index is 2.17. The SMILES string of the molecule is O=C(NC1(CO)CCOCC1)c1cccc(Cl)c1F. The van der Waals surface area contributed by atoms with Crippen molar-refractivity contribution in [2.24, 2.45) is 0 Å². The van der Waals surface area contributed by atoms with Gasteiger partial charge in [-0.2, -0.15) is 0 Å². The highest BCUT2D eigenvalue weighted by atomic mass is 35.5. The van der Waals surface area contributed by atoms with Gasteiger partial charge in [0.25, 0.3) is 5.91 Å². The number of hydrogen-bond donors (Lipinski definition) is 2. The van der Waals surface area contributed by atoms with Crippen molar-refractivity contribution in [2.45, 2.75) is 18.4 Å². The number of hydrogen-bond acceptors (Lipinski definition) is 3. The lowest BCUT2D eigenvalue weighted by molar-refractivity contribution is 0.0124.